The van der Waals surface area contributed by atoms with Crippen LogP contribution in [-0.2, 0) is 0 Å². The van der Waals surface area contributed by atoms with Crippen molar-refractivity contribution in [3.8, 4) is 0 Å². The van der Waals surface area contributed by atoms with Crippen LogP contribution in [0.5, 0.6) is 0 Å². The molecule has 0 bridgehead atoms. The van der Waals surface area contributed by atoms with E-state index in [0.717, 1.165) is 17.7 Å². The van der Waals surface area contributed by atoms with Crippen molar-refractivity contribution in [3.05, 3.63) is 47.7 Å². The van der Waals surface area contributed by atoms with E-state index in [4.69, 9.17) is 5.73 Å². The van der Waals surface area contributed by atoms with Crippen LogP contribution in [0.25, 0.3) is 0 Å². The van der Waals surface area contributed by atoms with Gasteiger partial charge in [-0.1, -0.05) is 36.5 Å². The van der Waals surface area contributed by atoms with Gasteiger partial charge in [-0.15, -0.1) is 0 Å². The smallest absolute Gasteiger partial charge is 0.0344 e. The Balaban J connectivity index is 2.91. The fraction of sp³-hybridized carbons (Fsp3) is 0.200. The Morgan fingerprint density at radius 2 is 2.09 bits per heavy atom. The maximum absolute atomic E-state index is 5.67. The lowest BCUT2D eigenvalue weighted by molar-refractivity contribution is 1.23. The molecule has 0 unspecified atom stereocenters. The van der Waals surface area contributed by atoms with Crippen LogP contribution in [0.1, 0.15) is 13.3 Å². The molecule has 0 amide bonds. The molecule has 1 rings (SSSR count). The number of nitrogens with two attached hydrogens (primary N) is 1. The van der Waals surface area contributed by atoms with Gasteiger partial charge in [-0.05, 0) is 18.9 Å². The Morgan fingerprint density at radius 1 is 1.36 bits per heavy atom. The average Bonchev–Trinajstić information content (AvgIpc) is 1.98. The first-order valence-corrected chi connectivity index (χ1v) is 3.70. The largest absolute Gasteiger partial charge is 0.399 e. The fourth-order valence-electron chi connectivity index (χ4n) is 0.899. The van der Waals surface area contributed by atoms with Crippen molar-refractivity contribution in [3.63, 3.8) is 0 Å². The molecule has 2 N–H and O–H groups in total. The third kappa shape index (κ3) is 2.11. The molecular formula is C10H13N. The third-order valence-corrected chi connectivity index (χ3v) is 1.70. The van der Waals surface area contributed by atoms with Crippen LogP contribution in [-0.4, -0.2) is 0 Å². The molecular weight excluding hydrogens is 134 g/mol. The van der Waals surface area contributed by atoms with Gasteiger partial charge in [0, 0.05) is 5.70 Å². The number of rotatable bonds is 0. The van der Waals surface area contributed by atoms with Crippen molar-refractivity contribution < 1.29 is 0 Å². The van der Waals surface area contributed by atoms with Gasteiger partial charge in [-0.25, -0.2) is 0 Å². The summed E-state index contributed by atoms with van der Waals surface area (Å²) in [4.78, 5) is 0. The number of allylic oxidation sites excluding steroid dienone is 5. The summed E-state index contributed by atoms with van der Waals surface area (Å²) < 4.78 is 0. The van der Waals surface area contributed by atoms with Crippen LogP contribution in [0.15, 0.2) is 47.7 Å². The molecule has 0 aromatic heterocycles. The molecule has 0 radical (unpaired) electrons. The third-order valence-electron chi connectivity index (χ3n) is 1.70. The predicted molar refractivity (Wildman–Crippen MR) is 48.9 cm³/mol. The van der Waals surface area contributed by atoms with Crippen LogP contribution in [0.2, 0.25) is 0 Å². The summed E-state index contributed by atoms with van der Waals surface area (Å²) in [5, 5.41) is 0. The Bertz CT molecular complexity index is 254. The second kappa shape index (κ2) is 3.24. The Kier molecular flexibility index (Phi) is 2.32. The topological polar surface area (TPSA) is 26.0 Å². The first-order valence-electron chi connectivity index (χ1n) is 3.70. The minimum atomic E-state index is 0.782. The summed E-state index contributed by atoms with van der Waals surface area (Å²) in [7, 11) is 0. The highest BCUT2D eigenvalue weighted by atomic mass is 14.6. The lowest BCUT2D eigenvalue weighted by Crippen LogP contribution is -1.98. The average molecular weight is 147 g/mol. The van der Waals surface area contributed by atoms with Crippen molar-refractivity contribution in [1.29, 1.82) is 0 Å². The standard InChI is InChI=1S/C10H13N/c1-8-4-3-5-10(11)9(2)7-6-8/h4-7H,2-3,11H2,1H3/b7-6-,8-4-,10-5?. The van der Waals surface area contributed by atoms with Crippen LogP contribution in [0, 0.1) is 0 Å². The highest BCUT2D eigenvalue weighted by Gasteiger charge is 1.94. The van der Waals surface area contributed by atoms with E-state index in [2.05, 4.69) is 19.6 Å². The molecule has 1 heteroatoms. The van der Waals surface area contributed by atoms with Crippen molar-refractivity contribution in [2.75, 3.05) is 0 Å². The van der Waals surface area contributed by atoms with Gasteiger partial charge >= 0.3 is 0 Å². The number of hydrogen-bond acceptors (Lipinski definition) is 1. The van der Waals surface area contributed by atoms with Crippen LogP contribution in [0.3, 0.4) is 0 Å². The molecule has 1 aliphatic rings. The molecule has 0 spiro atoms. The molecule has 0 fully saturated rings. The summed E-state index contributed by atoms with van der Waals surface area (Å²) in [5.74, 6) is 0. The van der Waals surface area contributed by atoms with Gasteiger partial charge in [0.05, 0.1) is 0 Å². The minimum absolute atomic E-state index is 0.782. The van der Waals surface area contributed by atoms with Gasteiger partial charge in [0.1, 0.15) is 0 Å². The van der Waals surface area contributed by atoms with Gasteiger partial charge in [0.2, 0.25) is 0 Å². The Hall–Kier alpha value is -1.24. The lowest BCUT2D eigenvalue weighted by Gasteiger charge is -2.02. The summed E-state index contributed by atoms with van der Waals surface area (Å²) in [6.45, 7) is 5.89. The van der Waals surface area contributed by atoms with E-state index in [9.17, 15) is 0 Å². The Labute approximate surface area is 67.6 Å². The van der Waals surface area contributed by atoms with E-state index in [0.29, 0.717) is 0 Å². The van der Waals surface area contributed by atoms with E-state index in [1.807, 2.05) is 18.2 Å². The summed E-state index contributed by atoms with van der Waals surface area (Å²) >= 11 is 0. The fourth-order valence-corrected chi connectivity index (χ4v) is 0.899. The molecule has 0 heterocycles. The van der Waals surface area contributed by atoms with Gasteiger partial charge in [0.15, 0.2) is 0 Å². The van der Waals surface area contributed by atoms with Crippen molar-refractivity contribution >= 4 is 0 Å². The molecule has 0 saturated carbocycles. The molecule has 0 aromatic rings. The van der Waals surface area contributed by atoms with Gasteiger partial charge < -0.3 is 5.73 Å². The van der Waals surface area contributed by atoms with Crippen molar-refractivity contribution in [2.45, 2.75) is 13.3 Å². The van der Waals surface area contributed by atoms with Gasteiger partial charge in [0.25, 0.3) is 0 Å². The monoisotopic (exact) mass is 147 g/mol. The highest BCUT2D eigenvalue weighted by Crippen LogP contribution is 2.10. The second-order valence-electron chi connectivity index (χ2n) is 2.70. The summed E-state index contributed by atoms with van der Waals surface area (Å²) in [5.41, 5.74) is 8.62. The predicted octanol–water partition coefficient (Wildman–Crippen LogP) is 2.29. The maximum atomic E-state index is 5.67. The Morgan fingerprint density at radius 3 is 2.82 bits per heavy atom. The van der Waals surface area contributed by atoms with E-state index >= 15 is 0 Å². The first kappa shape index (κ1) is 7.86. The zero-order valence-electron chi connectivity index (χ0n) is 6.80. The van der Waals surface area contributed by atoms with Crippen molar-refractivity contribution in [1.82, 2.24) is 0 Å². The zero-order chi connectivity index (χ0) is 8.27. The first-order chi connectivity index (χ1) is 5.20. The molecule has 11 heavy (non-hydrogen) atoms. The molecule has 1 nitrogen and oxygen atoms in total. The highest BCUT2D eigenvalue weighted by molar-refractivity contribution is 5.39. The molecule has 0 aliphatic heterocycles. The zero-order valence-corrected chi connectivity index (χ0v) is 6.80. The summed E-state index contributed by atoms with van der Waals surface area (Å²) in [6.07, 6.45) is 8.99. The van der Waals surface area contributed by atoms with Crippen LogP contribution >= 0.6 is 0 Å². The minimum Gasteiger partial charge on any atom is -0.399 e. The van der Waals surface area contributed by atoms with Crippen LogP contribution in [0.4, 0.5) is 0 Å². The summed E-state index contributed by atoms with van der Waals surface area (Å²) in [6, 6.07) is 0. The normalized spacial score (nSPS) is 26.1. The molecule has 0 aromatic carbocycles. The SMILES string of the molecule is C=C1/C=C\C(C)=C/CC=C1N. The van der Waals surface area contributed by atoms with E-state index in [1.165, 1.54) is 5.57 Å². The molecule has 0 saturated heterocycles. The van der Waals surface area contributed by atoms with Gasteiger partial charge in [-0.2, -0.15) is 0 Å². The van der Waals surface area contributed by atoms with Gasteiger partial charge in [-0.3, -0.25) is 0 Å². The second-order valence-corrected chi connectivity index (χ2v) is 2.70. The van der Waals surface area contributed by atoms with E-state index in [-0.39, 0.29) is 0 Å². The molecule has 1 aliphatic carbocycles. The number of hydrogen-bond donors (Lipinski definition) is 1. The molecule has 0 atom stereocenters. The molecule has 58 valence electrons. The van der Waals surface area contributed by atoms with E-state index < -0.39 is 0 Å². The quantitative estimate of drug-likeness (QED) is 0.559. The maximum Gasteiger partial charge on any atom is 0.0344 e. The van der Waals surface area contributed by atoms with Crippen LogP contribution < -0.4 is 5.73 Å². The lowest BCUT2D eigenvalue weighted by atomic mass is 10.1. The van der Waals surface area contributed by atoms with E-state index in [1.54, 1.807) is 0 Å². The van der Waals surface area contributed by atoms with Crippen molar-refractivity contribution in [2.24, 2.45) is 5.73 Å².